The first-order valence-electron chi connectivity index (χ1n) is 3.61. The molecule has 0 spiro atoms. The molecule has 0 N–H and O–H groups in total. The minimum atomic E-state index is -1.17. The lowest BCUT2D eigenvalue weighted by atomic mass is 10.3. The van der Waals surface area contributed by atoms with E-state index >= 15 is 0 Å². The van der Waals surface area contributed by atoms with Crippen LogP contribution >= 0.6 is 0 Å². The van der Waals surface area contributed by atoms with E-state index in [2.05, 4.69) is 0 Å². The van der Waals surface area contributed by atoms with Gasteiger partial charge >= 0.3 is 0 Å². The Labute approximate surface area is 67.5 Å². The van der Waals surface area contributed by atoms with Gasteiger partial charge in [-0.25, -0.2) is 4.39 Å². The molecule has 0 aliphatic carbocycles. The predicted octanol–water partition coefficient (Wildman–Crippen LogP) is 2.19. The van der Waals surface area contributed by atoms with Gasteiger partial charge in [-0.1, -0.05) is 12.1 Å². The van der Waals surface area contributed by atoms with Crippen molar-refractivity contribution in [1.82, 2.24) is 0 Å². The monoisotopic (exact) mass is 170 g/mol. The molecule has 1 aromatic carbocycles. The van der Waals surface area contributed by atoms with Crippen LogP contribution < -0.4 is 4.43 Å². The zero-order valence-corrected chi connectivity index (χ0v) is 7.83. The van der Waals surface area contributed by atoms with E-state index in [1.807, 2.05) is 13.1 Å². The number of hydrogen-bond donors (Lipinski definition) is 0. The van der Waals surface area contributed by atoms with E-state index in [1.165, 1.54) is 6.07 Å². The SMILES string of the molecule is C[SiH](C)Oc1ccccc1F. The number of benzene rings is 1. The Kier molecular flexibility index (Phi) is 2.65. The number of halogens is 1. The molecule has 0 aliphatic heterocycles. The lowest BCUT2D eigenvalue weighted by Gasteiger charge is -2.08. The highest BCUT2D eigenvalue weighted by molar-refractivity contribution is 6.49. The van der Waals surface area contributed by atoms with Crippen LogP contribution in [0.5, 0.6) is 5.75 Å². The summed E-state index contributed by atoms with van der Waals surface area (Å²) >= 11 is 0. The molecule has 0 radical (unpaired) electrons. The highest BCUT2D eigenvalue weighted by atomic mass is 28.3. The Morgan fingerprint density at radius 1 is 1.27 bits per heavy atom. The fourth-order valence-electron chi connectivity index (χ4n) is 0.794. The molecule has 1 aromatic rings. The molecule has 0 amide bonds. The van der Waals surface area contributed by atoms with Crippen LogP contribution in [0, 0.1) is 5.82 Å². The predicted molar refractivity (Wildman–Crippen MR) is 45.9 cm³/mol. The topological polar surface area (TPSA) is 9.23 Å². The molecule has 0 heterocycles. The van der Waals surface area contributed by atoms with Crippen molar-refractivity contribution in [2.24, 2.45) is 0 Å². The Bertz CT molecular complexity index is 237. The smallest absolute Gasteiger partial charge is 0.229 e. The normalized spacial score (nSPS) is 10.2. The summed E-state index contributed by atoms with van der Waals surface area (Å²) in [6.45, 7) is 4.01. The lowest BCUT2D eigenvalue weighted by Crippen LogP contribution is -2.11. The van der Waals surface area contributed by atoms with Gasteiger partial charge in [-0.15, -0.1) is 0 Å². The molecule has 11 heavy (non-hydrogen) atoms. The molecule has 0 aliphatic rings. The van der Waals surface area contributed by atoms with Crippen LogP contribution in [0.3, 0.4) is 0 Å². The third kappa shape index (κ3) is 2.35. The molecule has 0 aromatic heterocycles. The van der Waals surface area contributed by atoms with Crippen molar-refractivity contribution >= 4 is 9.04 Å². The van der Waals surface area contributed by atoms with E-state index in [9.17, 15) is 4.39 Å². The molecule has 1 nitrogen and oxygen atoms in total. The quantitative estimate of drug-likeness (QED) is 0.618. The molecular weight excluding hydrogens is 159 g/mol. The summed E-state index contributed by atoms with van der Waals surface area (Å²) in [5.74, 6) is 0.114. The second-order valence-corrected chi connectivity index (χ2v) is 4.93. The van der Waals surface area contributed by atoms with Crippen molar-refractivity contribution < 1.29 is 8.82 Å². The Balaban J connectivity index is 2.78. The molecule has 60 valence electrons. The molecule has 0 bridgehead atoms. The Hall–Kier alpha value is -0.833. The average molecular weight is 170 g/mol. The summed E-state index contributed by atoms with van der Waals surface area (Å²) in [5.41, 5.74) is 0. The lowest BCUT2D eigenvalue weighted by molar-refractivity contribution is 0.509. The molecule has 0 fully saturated rings. The maximum absolute atomic E-state index is 12.8. The van der Waals surface area contributed by atoms with E-state index in [0.29, 0.717) is 5.75 Å². The first-order chi connectivity index (χ1) is 5.20. The van der Waals surface area contributed by atoms with Crippen molar-refractivity contribution in [3.05, 3.63) is 30.1 Å². The maximum Gasteiger partial charge on any atom is 0.229 e. The third-order valence-corrected chi connectivity index (χ3v) is 1.92. The van der Waals surface area contributed by atoms with E-state index in [4.69, 9.17) is 4.43 Å². The minimum absolute atomic E-state index is 0.270. The van der Waals surface area contributed by atoms with Gasteiger partial charge in [-0.2, -0.15) is 0 Å². The van der Waals surface area contributed by atoms with Crippen LogP contribution in [-0.2, 0) is 0 Å². The second kappa shape index (κ2) is 3.53. The van der Waals surface area contributed by atoms with Crippen LogP contribution in [0.15, 0.2) is 24.3 Å². The first-order valence-corrected chi connectivity index (χ1v) is 6.39. The van der Waals surface area contributed by atoms with Gasteiger partial charge < -0.3 is 4.43 Å². The van der Waals surface area contributed by atoms with Crippen molar-refractivity contribution in [2.75, 3.05) is 0 Å². The molecule has 1 rings (SSSR count). The van der Waals surface area contributed by atoms with E-state index in [0.717, 1.165) is 0 Å². The Morgan fingerprint density at radius 3 is 2.45 bits per heavy atom. The van der Waals surface area contributed by atoms with Gasteiger partial charge in [-0.05, 0) is 25.2 Å². The molecule has 0 saturated carbocycles. The Morgan fingerprint density at radius 2 is 1.91 bits per heavy atom. The van der Waals surface area contributed by atoms with Crippen molar-refractivity contribution in [1.29, 1.82) is 0 Å². The van der Waals surface area contributed by atoms with Gasteiger partial charge in [0.05, 0.1) is 0 Å². The van der Waals surface area contributed by atoms with Crippen molar-refractivity contribution in [3.8, 4) is 5.75 Å². The zero-order chi connectivity index (χ0) is 8.27. The summed E-state index contributed by atoms with van der Waals surface area (Å²) < 4.78 is 18.2. The maximum atomic E-state index is 12.8. The third-order valence-electron chi connectivity index (χ3n) is 1.20. The fraction of sp³-hybridized carbons (Fsp3) is 0.250. The number of hydrogen-bond acceptors (Lipinski definition) is 1. The molecule has 0 saturated heterocycles. The first kappa shape index (κ1) is 8.27. The van der Waals surface area contributed by atoms with Gasteiger partial charge in [0.15, 0.2) is 5.82 Å². The highest BCUT2D eigenvalue weighted by Gasteiger charge is 2.02. The highest BCUT2D eigenvalue weighted by Crippen LogP contribution is 2.15. The summed E-state index contributed by atoms with van der Waals surface area (Å²) in [6.07, 6.45) is 0. The van der Waals surface area contributed by atoms with Crippen molar-refractivity contribution in [2.45, 2.75) is 13.1 Å². The standard InChI is InChI=1S/C8H11FOSi/c1-11(2)10-8-6-4-3-5-7(8)9/h3-6,11H,1-2H3. The van der Waals surface area contributed by atoms with E-state index < -0.39 is 9.04 Å². The van der Waals surface area contributed by atoms with Gasteiger partial charge in [0.1, 0.15) is 5.75 Å². The molecule has 0 atom stereocenters. The molecular formula is C8H11FOSi. The minimum Gasteiger partial charge on any atom is -0.545 e. The largest absolute Gasteiger partial charge is 0.545 e. The van der Waals surface area contributed by atoms with Gasteiger partial charge in [0, 0.05) is 0 Å². The van der Waals surface area contributed by atoms with E-state index in [1.54, 1.807) is 18.2 Å². The van der Waals surface area contributed by atoms with Crippen LogP contribution in [-0.4, -0.2) is 9.04 Å². The van der Waals surface area contributed by atoms with Gasteiger partial charge in [0.25, 0.3) is 0 Å². The van der Waals surface area contributed by atoms with Crippen LogP contribution in [0.4, 0.5) is 4.39 Å². The van der Waals surface area contributed by atoms with Crippen LogP contribution in [0.25, 0.3) is 0 Å². The average Bonchev–Trinajstić information content (AvgIpc) is 1.93. The fourth-order valence-corrected chi connectivity index (χ4v) is 1.49. The molecule has 0 unspecified atom stereocenters. The summed E-state index contributed by atoms with van der Waals surface area (Å²) in [5, 5.41) is 0. The van der Waals surface area contributed by atoms with Crippen LogP contribution in [0.1, 0.15) is 0 Å². The molecule has 3 heteroatoms. The second-order valence-electron chi connectivity index (χ2n) is 2.60. The van der Waals surface area contributed by atoms with Crippen LogP contribution in [0.2, 0.25) is 13.1 Å². The number of para-hydroxylation sites is 1. The summed E-state index contributed by atoms with van der Waals surface area (Å²) in [6, 6.07) is 6.49. The number of rotatable bonds is 2. The van der Waals surface area contributed by atoms with Gasteiger partial charge in [0.2, 0.25) is 9.04 Å². The summed E-state index contributed by atoms with van der Waals surface area (Å²) in [4.78, 5) is 0. The summed E-state index contributed by atoms with van der Waals surface area (Å²) in [7, 11) is -1.17. The van der Waals surface area contributed by atoms with Gasteiger partial charge in [-0.3, -0.25) is 0 Å². The van der Waals surface area contributed by atoms with Crippen molar-refractivity contribution in [3.63, 3.8) is 0 Å². The van der Waals surface area contributed by atoms with E-state index in [-0.39, 0.29) is 5.82 Å². The zero-order valence-electron chi connectivity index (χ0n) is 6.67.